The van der Waals surface area contributed by atoms with Crippen molar-refractivity contribution in [2.45, 2.75) is 6.54 Å². The highest BCUT2D eigenvalue weighted by Gasteiger charge is 2.05. The molecule has 3 rings (SSSR count). The minimum atomic E-state index is -0.287. The van der Waals surface area contributed by atoms with Crippen LogP contribution in [0.3, 0.4) is 0 Å². The van der Waals surface area contributed by atoms with Crippen molar-refractivity contribution >= 4 is 17.4 Å². The van der Waals surface area contributed by atoms with Crippen molar-refractivity contribution in [2.24, 2.45) is 0 Å². The molecular formula is C17H16N4O. The zero-order valence-corrected chi connectivity index (χ0v) is 11.9. The van der Waals surface area contributed by atoms with E-state index in [0.29, 0.717) is 12.2 Å². The summed E-state index contributed by atoms with van der Waals surface area (Å²) in [7, 11) is 0. The van der Waals surface area contributed by atoms with Crippen molar-refractivity contribution in [1.29, 1.82) is 0 Å². The van der Waals surface area contributed by atoms with Crippen LogP contribution in [0.4, 0.5) is 16.2 Å². The Labute approximate surface area is 128 Å². The normalized spacial score (nSPS) is 10.2. The molecule has 3 aromatic rings. The zero-order valence-electron chi connectivity index (χ0n) is 11.9. The topological polar surface area (TPSA) is 59.0 Å². The highest BCUT2D eigenvalue weighted by atomic mass is 16.2. The molecule has 0 aliphatic heterocycles. The fourth-order valence-electron chi connectivity index (χ4n) is 2.10. The van der Waals surface area contributed by atoms with Crippen LogP contribution in [0.25, 0.3) is 0 Å². The first-order valence-corrected chi connectivity index (χ1v) is 6.99. The minimum Gasteiger partial charge on any atom is -0.308 e. The lowest BCUT2D eigenvalue weighted by molar-refractivity contribution is 0.262. The molecule has 0 radical (unpaired) electrons. The van der Waals surface area contributed by atoms with Crippen LogP contribution in [-0.4, -0.2) is 15.8 Å². The van der Waals surface area contributed by atoms with Gasteiger partial charge in [-0.2, -0.15) is 5.10 Å². The van der Waals surface area contributed by atoms with Crippen LogP contribution >= 0.6 is 0 Å². The van der Waals surface area contributed by atoms with E-state index < -0.39 is 0 Å². The molecule has 0 bridgehead atoms. The average molecular weight is 292 g/mol. The van der Waals surface area contributed by atoms with Gasteiger partial charge in [0.25, 0.3) is 0 Å². The van der Waals surface area contributed by atoms with E-state index in [2.05, 4.69) is 15.7 Å². The van der Waals surface area contributed by atoms with Crippen LogP contribution in [-0.2, 0) is 6.54 Å². The number of carbonyl (C=O) groups excluding carboxylic acids is 1. The van der Waals surface area contributed by atoms with Crippen LogP contribution in [0.2, 0.25) is 0 Å². The monoisotopic (exact) mass is 292 g/mol. The summed E-state index contributed by atoms with van der Waals surface area (Å²) in [5.41, 5.74) is 2.56. The number of para-hydroxylation sites is 1. The van der Waals surface area contributed by atoms with Gasteiger partial charge in [-0.25, -0.2) is 4.79 Å². The van der Waals surface area contributed by atoms with Crippen LogP contribution in [0.1, 0.15) is 5.56 Å². The molecule has 5 nitrogen and oxygen atoms in total. The Bertz CT molecular complexity index is 738. The number of hydrogen-bond donors (Lipinski definition) is 2. The van der Waals surface area contributed by atoms with Crippen molar-refractivity contribution < 1.29 is 4.79 Å². The number of carbonyl (C=O) groups is 1. The first kappa shape index (κ1) is 13.9. The predicted octanol–water partition coefficient (Wildman–Crippen LogP) is 3.58. The number of anilines is 2. The molecule has 5 heteroatoms. The van der Waals surface area contributed by atoms with Crippen molar-refractivity contribution in [3.8, 4) is 0 Å². The second-order valence-electron chi connectivity index (χ2n) is 4.86. The van der Waals surface area contributed by atoms with Gasteiger partial charge in [0.05, 0.1) is 18.4 Å². The van der Waals surface area contributed by atoms with Crippen LogP contribution in [0.5, 0.6) is 0 Å². The lowest BCUT2D eigenvalue weighted by Crippen LogP contribution is -2.18. The fourth-order valence-corrected chi connectivity index (χ4v) is 2.10. The summed E-state index contributed by atoms with van der Waals surface area (Å²) in [5, 5.41) is 9.77. The Morgan fingerprint density at radius 3 is 2.27 bits per heavy atom. The summed E-state index contributed by atoms with van der Waals surface area (Å²) in [6.07, 6.45) is 3.44. The van der Waals surface area contributed by atoms with Crippen LogP contribution in [0.15, 0.2) is 73.1 Å². The van der Waals surface area contributed by atoms with Gasteiger partial charge in [-0.3, -0.25) is 4.68 Å². The summed E-state index contributed by atoms with van der Waals surface area (Å²) in [6.45, 7) is 0.669. The van der Waals surface area contributed by atoms with Gasteiger partial charge in [0, 0.05) is 11.9 Å². The Kier molecular flexibility index (Phi) is 4.15. The molecule has 2 aromatic carbocycles. The van der Waals surface area contributed by atoms with Gasteiger partial charge in [0.1, 0.15) is 0 Å². The Balaban J connectivity index is 1.58. The zero-order chi connectivity index (χ0) is 15.2. The molecule has 1 aromatic heterocycles. The molecule has 1 heterocycles. The van der Waals surface area contributed by atoms with Gasteiger partial charge >= 0.3 is 6.03 Å². The van der Waals surface area contributed by atoms with Gasteiger partial charge in [-0.05, 0) is 17.7 Å². The molecule has 2 N–H and O–H groups in total. The molecule has 110 valence electrons. The molecular weight excluding hydrogens is 276 g/mol. The Morgan fingerprint density at radius 2 is 1.55 bits per heavy atom. The molecule has 0 unspecified atom stereocenters. The van der Waals surface area contributed by atoms with E-state index in [1.54, 1.807) is 17.1 Å². The molecule has 0 saturated heterocycles. The SMILES string of the molecule is O=C(Nc1ccccc1)Nc1cnn(Cc2ccccc2)c1. The Hall–Kier alpha value is -3.08. The van der Waals surface area contributed by atoms with E-state index in [1.165, 1.54) is 0 Å². The van der Waals surface area contributed by atoms with E-state index in [4.69, 9.17) is 0 Å². The third-order valence-corrected chi connectivity index (χ3v) is 3.11. The summed E-state index contributed by atoms with van der Waals surface area (Å²) < 4.78 is 1.79. The predicted molar refractivity (Wildman–Crippen MR) is 86.9 cm³/mol. The minimum absolute atomic E-state index is 0.287. The number of nitrogens with one attached hydrogen (secondary N) is 2. The summed E-state index contributed by atoms with van der Waals surface area (Å²) >= 11 is 0. The lowest BCUT2D eigenvalue weighted by Gasteiger charge is -2.05. The standard InChI is InChI=1S/C17H16N4O/c22-17(19-15-9-5-2-6-10-15)20-16-11-18-21(13-16)12-14-7-3-1-4-8-14/h1-11,13H,12H2,(H2,19,20,22). The molecule has 0 atom stereocenters. The van der Waals surface area contributed by atoms with E-state index in [9.17, 15) is 4.79 Å². The van der Waals surface area contributed by atoms with Gasteiger partial charge < -0.3 is 10.6 Å². The van der Waals surface area contributed by atoms with Crippen molar-refractivity contribution in [3.05, 3.63) is 78.6 Å². The molecule has 0 saturated carbocycles. The summed E-state index contributed by atoms with van der Waals surface area (Å²) in [6, 6.07) is 19.1. The fraction of sp³-hybridized carbons (Fsp3) is 0.0588. The lowest BCUT2D eigenvalue weighted by atomic mass is 10.2. The molecule has 0 aliphatic rings. The van der Waals surface area contributed by atoms with Crippen molar-refractivity contribution in [3.63, 3.8) is 0 Å². The maximum Gasteiger partial charge on any atom is 0.323 e. The number of amides is 2. The third kappa shape index (κ3) is 3.73. The van der Waals surface area contributed by atoms with Gasteiger partial charge in [0.15, 0.2) is 0 Å². The van der Waals surface area contributed by atoms with E-state index in [0.717, 1.165) is 11.3 Å². The summed E-state index contributed by atoms with van der Waals surface area (Å²) in [5.74, 6) is 0. The second kappa shape index (κ2) is 6.58. The number of aromatic nitrogens is 2. The number of rotatable bonds is 4. The molecule has 0 aliphatic carbocycles. The summed E-state index contributed by atoms with van der Waals surface area (Å²) in [4.78, 5) is 11.9. The van der Waals surface area contributed by atoms with Crippen LogP contribution in [0, 0.1) is 0 Å². The number of hydrogen-bond acceptors (Lipinski definition) is 2. The quantitative estimate of drug-likeness (QED) is 0.772. The highest BCUT2D eigenvalue weighted by molar-refractivity contribution is 5.99. The van der Waals surface area contributed by atoms with Gasteiger partial charge in [0.2, 0.25) is 0 Å². The first-order valence-electron chi connectivity index (χ1n) is 6.99. The van der Waals surface area contributed by atoms with E-state index in [1.807, 2.05) is 60.7 Å². The van der Waals surface area contributed by atoms with Gasteiger partial charge in [-0.15, -0.1) is 0 Å². The largest absolute Gasteiger partial charge is 0.323 e. The molecule has 2 amide bonds. The maximum absolute atomic E-state index is 11.9. The van der Waals surface area contributed by atoms with Gasteiger partial charge in [-0.1, -0.05) is 48.5 Å². The van der Waals surface area contributed by atoms with Crippen molar-refractivity contribution in [1.82, 2.24) is 9.78 Å². The molecule has 22 heavy (non-hydrogen) atoms. The maximum atomic E-state index is 11.9. The third-order valence-electron chi connectivity index (χ3n) is 3.11. The van der Waals surface area contributed by atoms with E-state index in [-0.39, 0.29) is 6.03 Å². The van der Waals surface area contributed by atoms with E-state index >= 15 is 0 Å². The number of urea groups is 1. The second-order valence-corrected chi connectivity index (χ2v) is 4.86. The highest BCUT2D eigenvalue weighted by Crippen LogP contribution is 2.10. The Morgan fingerprint density at radius 1 is 0.909 bits per heavy atom. The average Bonchev–Trinajstić information content (AvgIpc) is 2.96. The van der Waals surface area contributed by atoms with Crippen molar-refractivity contribution in [2.75, 3.05) is 10.6 Å². The molecule has 0 fully saturated rings. The number of nitrogens with zero attached hydrogens (tertiary/aromatic N) is 2. The van der Waals surface area contributed by atoms with Crippen LogP contribution < -0.4 is 10.6 Å². The number of benzene rings is 2. The first-order chi connectivity index (χ1) is 10.8. The molecule has 0 spiro atoms. The smallest absolute Gasteiger partial charge is 0.308 e.